The highest BCUT2D eigenvalue weighted by atomic mass is 79.9. The van der Waals surface area contributed by atoms with Gasteiger partial charge in [-0.3, -0.25) is 18.3 Å². The van der Waals surface area contributed by atoms with Crippen molar-refractivity contribution in [3.8, 4) is 0 Å². The molecule has 27 heavy (non-hydrogen) atoms. The number of aryl methyl sites for hydroxylation is 3. The Bertz CT molecular complexity index is 1260. The molecule has 4 rings (SSSR count). The van der Waals surface area contributed by atoms with Crippen molar-refractivity contribution in [3.63, 3.8) is 0 Å². The molecule has 0 saturated heterocycles. The van der Waals surface area contributed by atoms with E-state index in [1.165, 1.54) is 10.8 Å². The summed E-state index contributed by atoms with van der Waals surface area (Å²) in [6.45, 7) is 5.16. The van der Waals surface area contributed by atoms with E-state index in [1.54, 1.807) is 13.7 Å². The first kappa shape index (κ1) is 17.6. The first-order valence-corrected chi connectivity index (χ1v) is 9.86. The number of nitrogens with zero attached hydrogens (tertiary/aromatic N) is 4. The van der Waals surface area contributed by atoms with E-state index in [9.17, 15) is 9.59 Å². The second kappa shape index (κ2) is 7.08. The summed E-state index contributed by atoms with van der Waals surface area (Å²) in [6, 6.07) is 15.3. The Balaban J connectivity index is 1.80. The Labute approximate surface area is 163 Å². The van der Waals surface area contributed by atoms with Crippen LogP contribution in [0, 0.1) is 0 Å². The number of para-hydroxylation sites is 4. The molecule has 6 nitrogen and oxygen atoms in total. The SMILES string of the molecule is C=Cn1c(=O)n(CCn2c(=O)n(CCBr)c3ccccc32)c2ccccc21. The number of aromatic nitrogens is 4. The molecule has 0 N–H and O–H groups in total. The summed E-state index contributed by atoms with van der Waals surface area (Å²) in [5, 5.41) is 0.702. The van der Waals surface area contributed by atoms with Gasteiger partial charge in [0.25, 0.3) is 0 Å². The molecule has 0 aliphatic carbocycles. The summed E-state index contributed by atoms with van der Waals surface area (Å²) in [5.41, 5.74) is 3.22. The molecule has 0 atom stereocenters. The predicted molar refractivity (Wildman–Crippen MR) is 113 cm³/mol. The van der Waals surface area contributed by atoms with Gasteiger partial charge in [0.2, 0.25) is 0 Å². The quantitative estimate of drug-likeness (QED) is 0.444. The van der Waals surface area contributed by atoms with Crippen LogP contribution in [0.25, 0.3) is 28.3 Å². The number of benzene rings is 2. The third kappa shape index (κ3) is 2.78. The average Bonchev–Trinajstić information content (AvgIpc) is 3.12. The predicted octanol–water partition coefficient (Wildman–Crippen LogP) is 3.12. The van der Waals surface area contributed by atoms with Crippen LogP contribution in [-0.2, 0) is 19.6 Å². The Morgan fingerprint density at radius 2 is 1.19 bits per heavy atom. The van der Waals surface area contributed by atoms with Crippen molar-refractivity contribution in [1.29, 1.82) is 0 Å². The molecule has 0 fully saturated rings. The maximum atomic E-state index is 12.9. The average molecular weight is 427 g/mol. The molecule has 0 saturated carbocycles. The fourth-order valence-electron chi connectivity index (χ4n) is 3.61. The second-order valence-electron chi connectivity index (χ2n) is 6.24. The van der Waals surface area contributed by atoms with E-state index in [-0.39, 0.29) is 11.4 Å². The zero-order valence-corrected chi connectivity index (χ0v) is 16.3. The van der Waals surface area contributed by atoms with E-state index < -0.39 is 0 Å². The van der Waals surface area contributed by atoms with Crippen molar-refractivity contribution in [2.75, 3.05) is 5.33 Å². The fraction of sp³-hybridized carbons (Fsp3) is 0.200. The molecule has 138 valence electrons. The molecule has 0 aliphatic heterocycles. The van der Waals surface area contributed by atoms with Gasteiger partial charge in [0, 0.05) is 31.2 Å². The van der Waals surface area contributed by atoms with Crippen molar-refractivity contribution in [2.45, 2.75) is 19.6 Å². The van der Waals surface area contributed by atoms with Crippen LogP contribution in [0.15, 0.2) is 64.7 Å². The summed E-state index contributed by atoms with van der Waals surface area (Å²) >= 11 is 3.41. The smallest absolute Gasteiger partial charge is 0.291 e. The zero-order valence-electron chi connectivity index (χ0n) is 14.7. The molecule has 0 radical (unpaired) electrons. The minimum Gasteiger partial charge on any atom is -0.291 e. The van der Waals surface area contributed by atoms with Gasteiger partial charge in [-0.2, -0.15) is 0 Å². The van der Waals surface area contributed by atoms with Gasteiger partial charge in [-0.05, 0) is 24.3 Å². The van der Waals surface area contributed by atoms with E-state index in [0.717, 1.165) is 22.1 Å². The molecule has 4 aromatic rings. The lowest BCUT2D eigenvalue weighted by Gasteiger charge is -2.05. The van der Waals surface area contributed by atoms with E-state index in [0.29, 0.717) is 25.0 Å². The molecule has 0 aliphatic rings. The van der Waals surface area contributed by atoms with Crippen LogP contribution in [0.3, 0.4) is 0 Å². The molecular formula is C20H19BrN4O2. The Morgan fingerprint density at radius 1 is 0.741 bits per heavy atom. The monoisotopic (exact) mass is 426 g/mol. The summed E-state index contributed by atoms with van der Waals surface area (Å²) in [4.78, 5) is 25.7. The van der Waals surface area contributed by atoms with Gasteiger partial charge < -0.3 is 0 Å². The lowest BCUT2D eigenvalue weighted by molar-refractivity contribution is 0.559. The molecule has 0 bridgehead atoms. The highest BCUT2D eigenvalue weighted by Gasteiger charge is 2.15. The molecule has 0 spiro atoms. The number of imidazole rings is 2. The maximum absolute atomic E-state index is 12.9. The Hall–Kier alpha value is -2.80. The summed E-state index contributed by atoms with van der Waals surface area (Å²) in [5.74, 6) is 0. The third-order valence-corrected chi connectivity index (χ3v) is 5.19. The number of halogens is 1. The molecular weight excluding hydrogens is 408 g/mol. The van der Waals surface area contributed by atoms with Crippen molar-refractivity contribution in [2.24, 2.45) is 0 Å². The van der Waals surface area contributed by atoms with Crippen molar-refractivity contribution < 1.29 is 0 Å². The van der Waals surface area contributed by atoms with E-state index in [4.69, 9.17) is 0 Å². The summed E-state index contributed by atoms with van der Waals surface area (Å²) < 4.78 is 6.73. The van der Waals surface area contributed by atoms with Crippen LogP contribution >= 0.6 is 15.9 Å². The number of fused-ring (bicyclic) bond motifs is 2. The molecule has 2 aromatic carbocycles. The molecule has 2 aromatic heterocycles. The number of alkyl halides is 1. The lowest BCUT2D eigenvalue weighted by Crippen LogP contribution is -2.29. The van der Waals surface area contributed by atoms with Crippen LogP contribution in [0.4, 0.5) is 0 Å². The van der Waals surface area contributed by atoms with Crippen LogP contribution < -0.4 is 11.4 Å². The van der Waals surface area contributed by atoms with Gasteiger partial charge in [-0.15, -0.1) is 0 Å². The highest BCUT2D eigenvalue weighted by Crippen LogP contribution is 2.15. The van der Waals surface area contributed by atoms with Gasteiger partial charge in [-0.1, -0.05) is 46.8 Å². The van der Waals surface area contributed by atoms with Crippen molar-refractivity contribution >= 4 is 44.2 Å². The lowest BCUT2D eigenvalue weighted by atomic mass is 10.3. The van der Waals surface area contributed by atoms with E-state index in [1.807, 2.05) is 48.5 Å². The summed E-state index contributed by atoms with van der Waals surface area (Å²) in [6.07, 6.45) is 1.52. The summed E-state index contributed by atoms with van der Waals surface area (Å²) in [7, 11) is 0. The minimum atomic E-state index is -0.150. The fourth-order valence-corrected chi connectivity index (χ4v) is 3.97. The van der Waals surface area contributed by atoms with Gasteiger partial charge in [-0.25, -0.2) is 9.59 Å². The maximum Gasteiger partial charge on any atom is 0.333 e. The van der Waals surface area contributed by atoms with Crippen molar-refractivity contribution in [1.82, 2.24) is 18.3 Å². The molecule has 2 heterocycles. The van der Waals surface area contributed by atoms with Crippen LogP contribution in [-0.4, -0.2) is 23.6 Å². The topological polar surface area (TPSA) is 53.9 Å². The third-order valence-electron chi connectivity index (χ3n) is 4.83. The standard InChI is InChI=1S/C20H19BrN4O2/c1-2-22-15-7-3-4-8-16(15)24(19(22)26)13-14-25-18-10-6-5-9-17(18)23(12-11-21)20(25)27/h2-10H,1,11-14H2. The number of rotatable bonds is 6. The molecule has 0 amide bonds. The van der Waals surface area contributed by atoms with Crippen LogP contribution in [0.5, 0.6) is 0 Å². The van der Waals surface area contributed by atoms with Gasteiger partial charge in [0.15, 0.2) is 0 Å². The van der Waals surface area contributed by atoms with Crippen molar-refractivity contribution in [3.05, 3.63) is 76.1 Å². The van der Waals surface area contributed by atoms with Crippen LogP contribution in [0.2, 0.25) is 0 Å². The van der Waals surface area contributed by atoms with E-state index >= 15 is 0 Å². The zero-order chi connectivity index (χ0) is 19.0. The number of hydrogen-bond donors (Lipinski definition) is 0. The normalized spacial score (nSPS) is 11.4. The Kier molecular flexibility index (Phi) is 4.61. The van der Waals surface area contributed by atoms with Gasteiger partial charge >= 0.3 is 11.4 Å². The number of hydrogen-bond acceptors (Lipinski definition) is 2. The van der Waals surface area contributed by atoms with Gasteiger partial charge in [0.05, 0.1) is 22.1 Å². The van der Waals surface area contributed by atoms with Crippen LogP contribution in [0.1, 0.15) is 0 Å². The minimum absolute atomic E-state index is 0.0591. The van der Waals surface area contributed by atoms with E-state index in [2.05, 4.69) is 22.5 Å². The largest absolute Gasteiger partial charge is 0.333 e. The highest BCUT2D eigenvalue weighted by molar-refractivity contribution is 9.09. The molecule has 7 heteroatoms. The Morgan fingerprint density at radius 3 is 1.70 bits per heavy atom. The molecule has 0 unspecified atom stereocenters. The second-order valence-corrected chi connectivity index (χ2v) is 7.03. The first-order chi connectivity index (χ1) is 13.2. The van der Waals surface area contributed by atoms with Gasteiger partial charge in [0.1, 0.15) is 0 Å². The first-order valence-electron chi connectivity index (χ1n) is 8.73.